The van der Waals surface area contributed by atoms with Crippen LogP contribution in [0.3, 0.4) is 0 Å². The Balaban J connectivity index is 2.10. The van der Waals surface area contributed by atoms with Gasteiger partial charge in [-0.05, 0) is 37.1 Å². The van der Waals surface area contributed by atoms with Gasteiger partial charge >= 0.3 is 6.09 Å². The highest BCUT2D eigenvalue weighted by Gasteiger charge is 2.31. The number of likely N-dealkylation sites (tertiary alicyclic amines) is 1. The molecular formula is C14H15BrN2O2. The predicted molar refractivity (Wildman–Crippen MR) is 77.3 cm³/mol. The third-order valence-corrected chi connectivity index (χ3v) is 4.37. The van der Waals surface area contributed by atoms with Crippen LogP contribution in [-0.4, -0.2) is 27.2 Å². The molecule has 0 saturated carbocycles. The number of carboxylic acid groups (broad SMARTS) is 1. The van der Waals surface area contributed by atoms with E-state index in [1.807, 2.05) is 13.1 Å². The lowest BCUT2D eigenvalue weighted by Crippen LogP contribution is -2.29. The van der Waals surface area contributed by atoms with Crippen LogP contribution in [0.4, 0.5) is 4.79 Å². The molecule has 2 aromatic rings. The summed E-state index contributed by atoms with van der Waals surface area (Å²) in [5.41, 5.74) is 2.21. The smallest absolute Gasteiger partial charge is 0.407 e. The van der Waals surface area contributed by atoms with Gasteiger partial charge in [0.25, 0.3) is 0 Å². The number of halogens is 1. The van der Waals surface area contributed by atoms with Crippen LogP contribution in [0.1, 0.15) is 24.6 Å². The second-order valence-corrected chi connectivity index (χ2v) is 5.88. The molecule has 100 valence electrons. The average Bonchev–Trinajstić information content (AvgIpc) is 2.94. The summed E-state index contributed by atoms with van der Waals surface area (Å²) in [7, 11) is 2.00. The first-order valence-electron chi connectivity index (χ1n) is 6.32. The van der Waals surface area contributed by atoms with Crippen molar-refractivity contribution in [3.05, 3.63) is 34.4 Å². The summed E-state index contributed by atoms with van der Waals surface area (Å²) >= 11 is 3.47. The van der Waals surface area contributed by atoms with Crippen LogP contribution in [0, 0.1) is 0 Å². The zero-order chi connectivity index (χ0) is 13.6. The molecule has 4 nitrogen and oxygen atoms in total. The van der Waals surface area contributed by atoms with Gasteiger partial charge in [0, 0.05) is 34.7 Å². The Labute approximate surface area is 119 Å². The summed E-state index contributed by atoms with van der Waals surface area (Å²) in [4.78, 5) is 12.8. The van der Waals surface area contributed by atoms with Gasteiger partial charge < -0.3 is 9.67 Å². The summed E-state index contributed by atoms with van der Waals surface area (Å²) < 4.78 is 3.15. The normalized spacial score (nSPS) is 19.3. The highest BCUT2D eigenvalue weighted by molar-refractivity contribution is 9.10. The SMILES string of the molecule is Cn1c(C2CCCN2C(=O)O)cc2cc(Br)ccc21. The van der Waals surface area contributed by atoms with E-state index in [1.165, 1.54) is 0 Å². The molecule has 1 N–H and O–H groups in total. The molecule has 1 aliphatic heterocycles. The maximum absolute atomic E-state index is 11.3. The van der Waals surface area contributed by atoms with E-state index < -0.39 is 6.09 Å². The number of benzene rings is 1. The molecule has 0 bridgehead atoms. The van der Waals surface area contributed by atoms with Crippen molar-refractivity contribution >= 4 is 32.9 Å². The monoisotopic (exact) mass is 322 g/mol. The molecule has 1 aliphatic rings. The third-order valence-electron chi connectivity index (χ3n) is 3.88. The molecule has 1 fully saturated rings. The summed E-state index contributed by atoms with van der Waals surface area (Å²) in [5.74, 6) is 0. The summed E-state index contributed by atoms with van der Waals surface area (Å²) in [6.45, 7) is 0.630. The Bertz CT molecular complexity index is 650. The van der Waals surface area contributed by atoms with Crippen molar-refractivity contribution in [2.75, 3.05) is 6.54 Å². The van der Waals surface area contributed by atoms with Crippen LogP contribution in [0.25, 0.3) is 10.9 Å². The number of aromatic nitrogens is 1. The van der Waals surface area contributed by atoms with E-state index in [-0.39, 0.29) is 6.04 Å². The number of fused-ring (bicyclic) bond motifs is 1. The molecule has 1 amide bonds. The van der Waals surface area contributed by atoms with Crippen LogP contribution in [0.5, 0.6) is 0 Å². The van der Waals surface area contributed by atoms with Crippen molar-refractivity contribution in [2.24, 2.45) is 7.05 Å². The third kappa shape index (κ3) is 2.02. The maximum Gasteiger partial charge on any atom is 0.407 e. The Morgan fingerprint density at radius 1 is 1.42 bits per heavy atom. The van der Waals surface area contributed by atoms with E-state index in [2.05, 4.69) is 38.7 Å². The standard InChI is InChI=1S/C14H15BrN2O2/c1-16-11-5-4-10(15)7-9(11)8-13(16)12-3-2-6-17(12)14(18)19/h4-5,7-8,12H,2-3,6H2,1H3,(H,18,19). The molecule has 1 atom stereocenters. The number of amides is 1. The first kappa shape index (κ1) is 12.5. The molecular weight excluding hydrogens is 308 g/mol. The molecule has 1 unspecified atom stereocenters. The second kappa shape index (κ2) is 4.56. The minimum absolute atomic E-state index is 0.0197. The largest absolute Gasteiger partial charge is 0.465 e. The van der Waals surface area contributed by atoms with Crippen LogP contribution < -0.4 is 0 Å². The van der Waals surface area contributed by atoms with Gasteiger partial charge in [-0.2, -0.15) is 0 Å². The minimum Gasteiger partial charge on any atom is -0.465 e. The zero-order valence-corrected chi connectivity index (χ0v) is 12.2. The molecule has 1 aromatic carbocycles. The van der Waals surface area contributed by atoms with E-state index in [1.54, 1.807) is 4.90 Å². The number of hydrogen-bond donors (Lipinski definition) is 1. The van der Waals surface area contributed by atoms with E-state index in [0.717, 1.165) is 33.9 Å². The molecule has 5 heteroatoms. The van der Waals surface area contributed by atoms with E-state index in [9.17, 15) is 9.90 Å². The Hall–Kier alpha value is -1.49. The molecule has 0 radical (unpaired) electrons. The number of aryl methyl sites for hydroxylation is 1. The Morgan fingerprint density at radius 3 is 2.95 bits per heavy atom. The van der Waals surface area contributed by atoms with Crippen LogP contribution >= 0.6 is 15.9 Å². The van der Waals surface area contributed by atoms with Gasteiger partial charge in [-0.1, -0.05) is 15.9 Å². The highest BCUT2D eigenvalue weighted by atomic mass is 79.9. The fourth-order valence-corrected chi connectivity index (χ4v) is 3.34. The van der Waals surface area contributed by atoms with Gasteiger partial charge in [0.15, 0.2) is 0 Å². The van der Waals surface area contributed by atoms with Crippen molar-refractivity contribution in [1.29, 1.82) is 0 Å². The molecule has 19 heavy (non-hydrogen) atoms. The summed E-state index contributed by atoms with van der Waals surface area (Å²) in [6, 6.07) is 8.22. The topological polar surface area (TPSA) is 45.5 Å². The van der Waals surface area contributed by atoms with Gasteiger partial charge in [-0.25, -0.2) is 4.79 Å². The van der Waals surface area contributed by atoms with Gasteiger partial charge in [-0.15, -0.1) is 0 Å². The van der Waals surface area contributed by atoms with Crippen molar-refractivity contribution in [3.8, 4) is 0 Å². The summed E-state index contributed by atoms with van der Waals surface area (Å²) in [6.07, 6.45) is 1.01. The fourth-order valence-electron chi connectivity index (χ4n) is 2.96. The molecule has 0 spiro atoms. The minimum atomic E-state index is -0.825. The van der Waals surface area contributed by atoms with Crippen molar-refractivity contribution in [1.82, 2.24) is 9.47 Å². The number of nitrogens with zero attached hydrogens (tertiary/aromatic N) is 2. The van der Waals surface area contributed by atoms with Crippen molar-refractivity contribution in [3.63, 3.8) is 0 Å². The quantitative estimate of drug-likeness (QED) is 0.868. The second-order valence-electron chi connectivity index (χ2n) is 4.97. The average molecular weight is 323 g/mol. The fraction of sp³-hybridized carbons (Fsp3) is 0.357. The van der Waals surface area contributed by atoms with Crippen molar-refractivity contribution < 1.29 is 9.90 Å². The first-order valence-corrected chi connectivity index (χ1v) is 7.11. The molecule has 0 aliphatic carbocycles. The Morgan fingerprint density at radius 2 is 2.21 bits per heavy atom. The molecule has 1 aromatic heterocycles. The molecule has 1 saturated heterocycles. The lowest BCUT2D eigenvalue weighted by Gasteiger charge is -2.22. The van der Waals surface area contributed by atoms with Gasteiger partial charge in [0.1, 0.15) is 0 Å². The first-order chi connectivity index (χ1) is 9.08. The lowest BCUT2D eigenvalue weighted by atomic mass is 10.1. The molecule has 2 heterocycles. The number of rotatable bonds is 1. The highest BCUT2D eigenvalue weighted by Crippen LogP contribution is 2.35. The number of hydrogen-bond acceptors (Lipinski definition) is 1. The van der Waals surface area contributed by atoms with Crippen LogP contribution in [-0.2, 0) is 7.05 Å². The van der Waals surface area contributed by atoms with Gasteiger partial charge in [0.2, 0.25) is 0 Å². The van der Waals surface area contributed by atoms with Crippen molar-refractivity contribution in [2.45, 2.75) is 18.9 Å². The van der Waals surface area contributed by atoms with Gasteiger partial charge in [0.05, 0.1) is 6.04 Å². The summed E-state index contributed by atoms with van der Waals surface area (Å²) in [5, 5.41) is 10.4. The number of carbonyl (C=O) groups is 1. The zero-order valence-electron chi connectivity index (χ0n) is 10.6. The Kier molecular flexibility index (Phi) is 3.01. The van der Waals surface area contributed by atoms with Gasteiger partial charge in [-0.3, -0.25) is 4.90 Å². The van der Waals surface area contributed by atoms with Crippen LogP contribution in [0.15, 0.2) is 28.7 Å². The van der Waals surface area contributed by atoms with E-state index in [4.69, 9.17) is 0 Å². The maximum atomic E-state index is 11.3. The molecule has 3 rings (SSSR count). The van der Waals surface area contributed by atoms with E-state index >= 15 is 0 Å². The lowest BCUT2D eigenvalue weighted by molar-refractivity contribution is 0.139. The van der Waals surface area contributed by atoms with Crippen LogP contribution in [0.2, 0.25) is 0 Å². The predicted octanol–water partition coefficient (Wildman–Crippen LogP) is 3.76. The van der Waals surface area contributed by atoms with E-state index in [0.29, 0.717) is 6.54 Å².